The fraction of sp³-hybridized carbons (Fsp3) is 0.308. The van der Waals surface area contributed by atoms with E-state index in [0.717, 1.165) is 30.3 Å². The zero-order valence-electron chi connectivity index (χ0n) is 9.29. The van der Waals surface area contributed by atoms with Crippen LogP contribution in [0.3, 0.4) is 0 Å². The third kappa shape index (κ3) is 2.74. The van der Waals surface area contributed by atoms with Gasteiger partial charge in [0.15, 0.2) is 0 Å². The van der Waals surface area contributed by atoms with Gasteiger partial charge in [0.2, 0.25) is 0 Å². The van der Waals surface area contributed by atoms with Gasteiger partial charge in [-0.3, -0.25) is 0 Å². The zero-order valence-corrected chi connectivity index (χ0v) is 10.8. The minimum Gasteiger partial charge on any atom is -0.347 e. The van der Waals surface area contributed by atoms with Crippen molar-refractivity contribution in [2.75, 3.05) is 0 Å². The Morgan fingerprint density at radius 1 is 1.24 bits per heavy atom. The number of unbranched alkanes of at least 4 members (excludes halogenated alkanes) is 2. The Balaban J connectivity index is 2.21. The van der Waals surface area contributed by atoms with Gasteiger partial charge >= 0.3 is 0 Å². The molecule has 0 radical (unpaired) electrons. The van der Waals surface area contributed by atoms with Crippen LogP contribution in [0.2, 0.25) is 10.0 Å². The van der Waals surface area contributed by atoms with Crippen molar-refractivity contribution in [2.45, 2.75) is 25.8 Å². The molecule has 0 aliphatic heterocycles. The molecular formula is C13H12Cl2N2. The molecule has 0 atom stereocenters. The van der Waals surface area contributed by atoms with Crippen LogP contribution in [0.1, 0.15) is 19.3 Å². The Morgan fingerprint density at radius 3 is 2.82 bits per heavy atom. The molecule has 0 fully saturated rings. The maximum absolute atomic E-state index is 8.48. The van der Waals surface area contributed by atoms with Gasteiger partial charge in [-0.1, -0.05) is 23.2 Å². The van der Waals surface area contributed by atoms with Crippen LogP contribution in [0.25, 0.3) is 10.9 Å². The first-order valence-electron chi connectivity index (χ1n) is 5.53. The van der Waals surface area contributed by atoms with Gasteiger partial charge in [-0.15, -0.1) is 0 Å². The van der Waals surface area contributed by atoms with Crippen LogP contribution in [0.15, 0.2) is 24.4 Å². The third-order valence-electron chi connectivity index (χ3n) is 2.74. The fourth-order valence-corrected chi connectivity index (χ4v) is 2.45. The summed E-state index contributed by atoms with van der Waals surface area (Å²) in [5.41, 5.74) is 1.06. The van der Waals surface area contributed by atoms with Gasteiger partial charge < -0.3 is 4.57 Å². The standard InChI is InChI=1S/C13H12Cl2N2/c14-10-8-12(15)11-4-7-17(13(11)9-10)6-3-1-2-5-16/h4,7-9H,1-3,6H2. The summed E-state index contributed by atoms with van der Waals surface area (Å²) in [6, 6.07) is 7.83. The summed E-state index contributed by atoms with van der Waals surface area (Å²) >= 11 is 12.1. The second kappa shape index (κ2) is 5.44. The highest BCUT2D eigenvalue weighted by atomic mass is 35.5. The number of nitriles is 1. The highest BCUT2D eigenvalue weighted by Gasteiger charge is 2.06. The van der Waals surface area contributed by atoms with E-state index in [1.54, 1.807) is 6.07 Å². The molecule has 4 heteroatoms. The molecule has 0 spiro atoms. The first-order chi connectivity index (χ1) is 8.22. The third-order valence-corrected chi connectivity index (χ3v) is 3.27. The molecule has 2 rings (SSSR count). The minimum absolute atomic E-state index is 0.612. The first-order valence-corrected chi connectivity index (χ1v) is 6.29. The van der Waals surface area contributed by atoms with Gasteiger partial charge in [-0.05, 0) is 31.0 Å². The van der Waals surface area contributed by atoms with E-state index in [4.69, 9.17) is 28.5 Å². The van der Waals surface area contributed by atoms with Gasteiger partial charge in [0.1, 0.15) is 0 Å². The van der Waals surface area contributed by atoms with E-state index in [1.807, 2.05) is 18.3 Å². The van der Waals surface area contributed by atoms with Crippen LogP contribution in [-0.4, -0.2) is 4.57 Å². The van der Waals surface area contributed by atoms with Crippen molar-refractivity contribution in [2.24, 2.45) is 0 Å². The Bertz CT molecular complexity index is 567. The molecule has 1 aromatic carbocycles. The van der Waals surface area contributed by atoms with Crippen molar-refractivity contribution in [3.8, 4) is 6.07 Å². The predicted octanol–water partition coefficient (Wildman–Crippen LogP) is 4.64. The number of halogens is 2. The van der Waals surface area contributed by atoms with Crippen LogP contribution in [0.5, 0.6) is 0 Å². The monoisotopic (exact) mass is 266 g/mol. The van der Waals surface area contributed by atoms with E-state index in [9.17, 15) is 0 Å². The number of rotatable bonds is 4. The molecule has 1 aromatic heterocycles. The van der Waals surface area contributed by atoms with Gasteiger partial charge in [-0.25, -0.2) is 0 Å². The molecular weight excluding hydrogens is 255 g/mol. The fourth-order valence-electron chi connectivity index (χ4n) is 1.90. The van der Waals surface area contributed by atoms with Crippen molar-refractivity contribution in [3.05, 3.63) is 34.4 Å². The van der Waals surface area contributed by atoms with Crippen LogP contribution >= 0.6 is 23.2 Å². The van der Waals surface area contributed by atoms with Crippen molar-refractivity contribution >= 4 is 34.1 Å². The topological polar surface area (TPSA) is 28.7 Å². The largest absolute Gasteiger partial charge is 0.347 e. The molecule has 0 unspecified atom stereocenters. The molecule has 17 heavy (non-hydrogen) atoms. The van der Waals surface area contributed by atoms with E-state index in [2.05, 4.69) is 10.6 Å². The van der Waals surface area contributed by atoms with Crippen LogP contribution in [0, 0.1) is 11.3 Å². The van der Waals surface area contributed by atoms with Crippen molar-refractivity contribution < 1.29 is 0 Å². The lowest BCUT2D eigenvalue weighted by atomic mass is 10.2. The van der Waals surface area contributed by atoms with Crippen molar-refractivity contribution in [1.29, 1.82) is 5.26 Å². The Morgan fingerprint density at radius 2 is 2.06 bits per heavy atom. The molecule has 0 bridgehead atoms. The van der Waals surface area contributed by atoms with Crippen LogP contribution in [-0.2, 0) is 6.54 Å². The zero-order chi connectivity index (χ0) is 12.3. The van der Waals surface area contributed by atoms with Crippen LogP contribution < -0.4 is 0 Å². The van der Waals surface area contributed by atoms with E-state index in [1.165, 1.54) is 0 Å². The molecule has 2 nitrogen and oxygen atoms in total. The number of nitrogens with zero attached hydrogens (tertiary/aromatic N) is 2. The molecule has 0 saturated carbocycles. The number of fused-ring (bicyclic) bond motifs is 1. The Kier molecular flexibility index (Phi) is 3.93. The van der Waals surface area contributed by atoms with Gasteiger partial charge in [0.05, 0.1) is 16.6 Å². The summed E-state index contributed by atoms with van der Waals surface area (Å²) in [6.07, 6.45) is 4.53. The van der Waals surface area contributed by atoms with Gasteiger partial charge in [-0.2, -0.15) is 5.26 Å². The van der Waals surface area contributed by atoms with Crippen molar-refractivity contribution in [3.63, 3.8) is 0 Å². The average molecular weight is 267 g/mol. The quantitative estimate of drug-likeness (QED) is 0.741. The molecule has 2 aromatic rings. The maximum Gasteiger partial charge on any atom is 0.0621 e. The molecule has 0 aliphatic carbocycles. The number of benzene rings is 1. The number of aryl methyl sites for hydroxylation is 1. The van der Waals surface area contributed by atoms with E-state index >= 15 is 0 Å². The Labute approximate surface area is 110 Å². The molecule has 0 aliphatic rings. The second-order valence-electron chi connectivity index (χ2n) is 3.94. The molecule has 0 saturated heterocycles. The highest BCUT2D eigenvalue weighted by molar-refractivity contribution is 6.38. The Hall–Kier alpha value is -1.17. The molecule has 0 N–H and O–H groups in total. The normalized spacial score (nSPS) is 10.6. The van der Waals surface area contributed by atoms with Gasteiger partial charge in [0.25, 0.3) is 0 Å². The number of hydrogen-bond donors (Lipinski definition) is 0. The molecule has 1 heterocycles. The summed E-state index contributed by atoms with van der Waals surface area (Å²) in [7, 11) is 0. The van der Waals surface area contributed by atoms with E-state index in [0.29, 0.717) is 16.5 Å². The summed E-state index contributed by atoms with van der Waals surface area (Å²) in [5.74, 6) is 0. The maximum atomic E-state index is 8.48. The lowest BCUT2D eigenvalue weighted by Gasteiger charge is -2.05. The summed E-state index contributed by atoms with van der Waals surface area (Å²) in [4.78, 5) is 0. The minimum atomic E-state index is 0.612. The summed E-state index contributed by atoms with van der Waals surface area (Å²) in [5, 5.41) is 10.8. The SMILES string of the molecule is N#CCCCCn1ccc2c(Cl)cc(Cl)cc21. The van der Waals surface area contributed by atoms with E-state index in [-0.39, 0.29) is 0 Å². The first kappa shape index (κ1) is 12.3. The molecule has 0 amide bonds. The summed E-state index contributed by atoms with van der Waals surface area (Å²) < 4.78 is 2.13. The van der Waals surface area contributed by atoms with Crippen molar-refractivity contribution in [1.82, 2.24) is 4.57 Å². The van der Waals surface area contributed by atoms with Gasteiger partial charge in [0, 0.05) is 29.6 Å². The average Bonchev–Trinajstić information content (AvgIpc) is 2.68. The lowest BCUT2D eigenvalue weighted by Crippen LogP contribution is -1.95. The highest BCUT2D eigenvalue weighted by Crippen LogP contribution is 2.28. The lowest BCUT2D eigenvalue weighted by molar-refractivity contribution is 0.632. The van der Waals surface area contributed by atoms with E-state index < -0.39 is 0 Å². The smallest absolute Gasteiger partial charge is 0.0621 e. The number of hydrogen-bond acceptors (Lipinski definition) is 1. The predicted molar refractivity (Wildman–Crippen MR) is 71.4 cm³/mol. The second-order valence-corrected chi connectivity index (χ2v) is 4.79. The molecule has 88 valence electrons. The number of aromatic nitrogens is 1. The van der Waals surface area contributed by atoms with Crippen LogP contribution in [0.4, 0.5) is 0 Å². The summed E-state index contributed by atoms with van der Waals surface area (Å²) in [6.45, 7) is 0.891.